The van der Waals surface area contributed by atoms with Gasteiger partial charge in [0.05, 0.1) is 6.61 Å². The van der Waals surface area contributed by atoms with Gasteiger partial charge in [-0.1, -0.05) is 13.3 Å². The molecule has 0 aliphatic rings. The second-order valence-electron chi connectivity index (χ2n) is 4.73. The average molecular weight is 230 g/mol. The summed E-state index contributed by atoms with van der Waals surface area (Å²) in [7, 11) is 1.77. The molecular formula is C13H30N2O. The molecule has 0 amide bonds. The molecule has 0 fully saturated rings. The van der Waals surface area contributed by atoms with Crippen LogP contribution < -0.4 is 5.32 Å². The van der Waals surface area contributed by atoms with Gasteiger partial charge in [0.1, 0.15) is 0 Å². The summed E-state index contributed by atoms with van der Waals surface area (Å²) in [6, 6.07) is 1.16. The van der Waals surface area contributed by atoms with Crippen molar-refractivity contribution in [3.05, 3.63) is 0 Å². The predicted octanol–water partition coefficient (Wildman–Crippen LogP) is 2.12. The van der Waals surface area contributed by atoms with Crippen LogP contribution in [0.15, 0.2) is 0 Å². The molecule has 0 saturated heterocycles. The fourth-order valence-electron chi connectivity index (χ4n) is 1.91. The van der Waals surface area contributed by atoms with Crippen LogP contribution in [0.2, 0.25) is 0 Å². The van der Waals surface area contributed by atoms with E-state index in [2.05, 4.69) is 37.9 Å². The lowest BCUT2D eigenvalue weighted by Crippen LogP contribution is -2.45. The van der Waals surface area contributed by atoms with E-state index in [-0.39, 0.29) is 0 Å². The molecule has 0 spiro atoms. The van der Waals surface area contributed by atoms with Gasteiger partial charge in [-0.25, -0.2) is 0 Å². The third-order valence-corrected chi connectivity index (χ3v) is 2.93. The molecule has 0 aromatic carbocycles. The molecule has 1 unspecified atom stereocenters. The first kappa shape index (κ1) is 15.9. The molecule has 3 heteroatoms. The molecule has 0 saturated carbocycles. The van der Waals surface area contributed by atoms with E-state index in [1.807, 2.05) is 0 Å². The molecule has 0 aromatic heterocycles. The van der Waals surface area contributed by atoms with Crippen molar-refractivity contribution < 1.29 is 4.74 Å². The first-order valence-corrected chi connectivity index (χ1v) is 6.58. The predicted molar refractivity (Wildman–Crippen MR) is 71.0 cm³/mol. The van der Waals surface area contributed by atoms with Crippen molar-refractivity contribution in [1.29, 1.82) is 0 Å². The van der Waals surface area contributed by atoms with Gasteiger partial charge in [0.25, 0.3) is 0 Å². The summed E-state index contributed by atoms with van der Waals surface area (Å²) in [5.74, 6) is 0. The molecular weight excluding hydrogens is 200 g/mol. The van der Waals surface area contributed by atoms with Crippen molar-refractivity contribution in [2.75, 3.05) is 33.4 Å². The maximum atomic E-state index is 5.15. The highest BCUT2D eigenvalue weighted by Crippen LogP contribution is 2.04. The molecule has 1 N–H and O–H groups in total. The minimum absolute atomic E-state index is 0.576. The van der Waals surface area contributed by atoms with E-state index in [1.165, 1.54) is 12.8 Å². The van der Waals surface area contributed by atoms with Gasteiger partial charge in [0.15, 0.2) is 0 Å². The molecule has 1 atom stereocenters. The van der Waals surface area contributed by atoms with Crippen molar-refractivity contribution >= 4 is 0 Å². The van der Waals surface area contributed by atoms with E-state index < -0.39 is 0 Å². The summed E-state index contributed by atoms with van der Waals surface area (Å²) < 4.78 is 5.15. The third-order valence-electron chi connectivity index (χ3n) is 2.93. The first-order chi connectivity index (χ1) is 7.63. The Balaban J connectivity index is 3.82. The summed E-state index contributed by atoms with van der Waals surface area (Å²) >= 11 is 0. The molecule has 3 nitrogen and oxygen atoms in total. The Morgan fingerprint density at radius 2 is 1.94 bits per heavy atom. The van der Waals surface area contributed by atoms with Gasteiger partial charge in [-0.15, -0.1) is 0 Å². The zero-order chi connectivity index (χ0) is 12.4. The Morgan fingerprint density at radius 3 is 2.44 bits per heavy atom. The lowest BCUT2D eigenvalue weighted by atomic mass is 10.2. The van der Waals surface area contributed by atoms with Crippen LogP contribution >= 0.6 is 0 Å². The second-order valence-corrected chi connectivity index (χ2v) is 4.73. The molecule has 0 bridgehead atoms. The molecule has 0 aliphatic carbocycles. The molecule has 0 aliphatic heterocycles. The van der Waals surface area contributed by atoms with Crippen molar-refractivity contribution in [3.8, 4) is 0 Å². The van der Waals surface area contributed by atoms with Crippen LogP contribution in [0.1, 0.15) is 40.5 Å². The van der Waals surface area contributed by atoms with Gasteiger partial charge in [0, 0.05) is 32.3 Å². The summed E-state index contributed by atoms with van der Waals surface area (Å²) in [6.07, 6.45) is 2.53. The number of ether oxygens (including phenoxy) is 1. The topological polar surface area (TPSA) is 24.5 Å². The Kier molecular flexibility index (Phi) is 9.99. The summed E-state index contributed by atoms with van der Waals surface area (Å²) in [4.78, 5) is 2.49. The van der Waals surface area contributed by atoms with E-state index in [0.29, 0.717) is 12.1 Å². The Hall–Kier alpha value is -0.120. The largest absolute Gasteiger partial charge is 0.383 e. The van der Waals surface area contributed by atoms with Gasteiger partial charge >= 0.3 is 0 Å². The minimum atomic E-state index is 0.576. The van der Waals surface area contributed by atoms with Crippen molar-refractivity contribution in [2.45, 2.75) is 52.6 Å². The lowest BCUT2D eigenvalue weighted by molar-refractivity contribution is 0.101. The fraction of sp³-hybridized carbons (Fsp3) is 1.00. The van der Waals surface area contributed by atoms with Crippen LogP contribution in [0, 0.1) is 0 Å². The van der Waals surface area contributed by atoms with E-state index in [9.17, 15) is 0 Å². The molecule has 0 aromatic rings. The van der Waals surface area contributed by atoms with E-state index in [4.69, 9.17) is 4.74 Å². The Labute approximate surface area is 102 Å². The van der Waals surface area contributed by atoms with Crippen LogP contribution in [-0.4, -0.2) is 50.3 Å². The molecule has 16 heavy (non-hydrogen) atoms. The maximum absolute atomic E-state index is 5.15. The van der Waals surface area contributed by atoms with Crippen LogP contribution in [0.5, 0.6) is 0 Å². The van der Waals surface area contributed by atoms with E-state index in [1.54, 1.807) is 7.11 Å². The molecule has 0 rings (SSSR count). The molecule has 0 heterocycles. The second kappa shape index (κ2) is 10.1. The van der Waals surface area contributed by atoms with Gasteiger partial charge in [-0.05, 0) is 33.7 Å². The van der Waals surface area contributed by atoms with Gasteiger partial charge < -0.3 is 10.1 Å². The summed E-state index contributed by atoms with van der Waals surface area (Å²) in [6.45, 7) is 13.1. The smallest absolute Gasteiger partial charge is 0.0589 e. The number of hydrogen-bond donors (Lipinski definition) is 1. The highest BCUT2D eigenvalue weighted by atomic mass is 16.5. The quantitative estimate of drug-likeness (QED) is 0.582. The van der Waals surface area contributed by atoms with Gasteiger partial charge in [-0.3, -0.25) is 4.90 Å². The minimum Gasteiger partial charge on any atom is -0.383 e. The van der Waals surface area contributed by atoms with Crippen LogP contribution in [-0.2, 0) is 4.74 Å². The fourth-order valence-corrected chi connectivity index (χ4v) is 1.91. The highest BCUT2D eigenvalue weighted by Gasteiger charge is 2.15. The number of rotatable bonds is 10. The normalized spacial score (nSPS) is 13.7. The van der Waals surface area contributed by atoms with Crippen molar-refractivity contribution in [1.82, 2.24) is 10.2 Å². The average Bonchev–Trinajstić information content (AvgIpc) is 2.24. The first-order valence-electron chi connectivity index (χ1n) is 6.58. The van der Waals surface area contributed by atoms with Gasteiger partial charge in [0.2, 0.25) is 0 Å². The van der Waals surface area contributed by atoms with E-state index >= 15 is 0 Å². The van der Waals surface area contributed by atoms with Crippen LogP contribution in [0.25, 0.3) is 0 Å². The zero-order valence-electron chi connectivity index (χ0n) is 11.8. The number of unbranched alkanes of at least 4 members (excludes halogenated alkanes) is 1. The highest BCUT2D eigenvalue weighted by molar-refractivity contribution is 4.72. The number of nitrogens with one attached hydrogen (secondary N) is 1. The van der Waals surface area contributed by atoms with Crippen LogP contribution in [0.3, 0.4) is 0 Å². The monoisotopic (exact) mass is 230 g/mol. The van der Waals surface area contributed by atoms with Crippen LogP contribution in [0.4, 0.5) is 0 Å². The van der Waals surface area contributed by atoms with Crippen molar-refractivity contribution in [3.63, 3.8) is 0 Å². The molecule has 0 radical (unpaired) electrons. The lowest BCUT2D eigenvalue weighted by Gasteiger charge is -2.32. The molecule has 98 valence electrons. The maximum Gasteiger partial charge on any atom is 0.0589 e. The Bertz CT molecular complexity index is 151. The van der Waals surface area contributed by atoms with E-state index in [0.717, 1.165) is 26.2 Å². The van der Waals surface area contributed by atoms with Gasteiger partial charge in [-0.2, -0.15) is 0 Å². The Morgan fingerprint density at radius 1 is 1.25 bits per heavy atom. The summed E-state index contributed by atoms with van der Waals surface area (Å²) in [5, 5.41) is 3.52. The number of methoxy groups -OCH3 is 1. The van der Waals surface area contributed by atoms with Crippen molar-refractivity contribution in [2.24, 2.45) is 0 Å². The zero-order valence-corrected chi connectivity index (χ0v) is 11.8. The third kappa shape index (κ3) is 7.20. The SMILES string of the molecule is CCCCNCC(C)N(CCOC)C(C)C. The number of nitrogens with zero attached hydrogens (tertiary/aromatic N) is 1. The number of hydrogen-bond acceptors (Lipinski definition) is 3. The standard InChI is InChI=1S/C13H30N2O/c1-6-7-8-14-11-13(4)15(12(2)3)9-10-16-5/h12-14H,6-11H2,1-5H3. The summed E-state index contributed by atoms with van der Waals surface area (Å²) in [5.41, 5.74) is 0.